The van der Waals surface area contributed by atoms with Crippen molar-refractivity contribution in [2.24, 2.45) is 0 Å². The van der Waals surface area contributed by atoms with Crippen LogP contribution in [0.4, 0.5) is 23.1 Å². The molecule has 2 aliphatic rings. The van der Waals surface area contributed by atoms with Gasteiger partial charge in [0.15, 0.2) is 5.82 Å². The zero-order valence-corrected chi connectivity index (χ0v) is 23.0. The van der Waals surface area contributed by atoms with Crippen LogP contribution < -0.4 is 20.7 Å². The van der Waals surface area contributed by atoms with E-state index in [1.807, 2.05) is 22.9 Å². The van der Waals surface area contributed by atoms with Gasteiger partial charge in [-0.2, -0.15) is 4.98 Å². The van der Waals surface area contributed by atoms with Crippen LogP contribution in [0.5, 0.6) is 5.75 Å². The number of nitrogens with two attached hydrogens (primary N) is 1. The lowest BCUT2D eigenvalue weighted by atomic mass is 10.0. The Bertz CT molecular complexity index is 1520. The molecule has 0 aliphatic carbocycles. The van der Waals surface area contributed by atoms with E-state index >= 15 is 0 Å². The fourth-order valence-electron chi connectivity index (χ4n) is 5.99. The van der Waals surface area contributed by atoms with Crippen LogP contribution in [0.2, 0.25) is 0 Å². The summed E-state index contributed by atoms with van der Waals surface area (Å²) in [5.74, 6) is 0.905. The highest BCUT2D eigenvalue weighted by molar-refractivity contribution is 5.96. The van der Waals surface area contributed by atoms with Crippen molar-refractivity contribution in [3.8, 4) is 11.4 Å². The summed E-state index contributed by atoms with van der Waals surface area (Å²) < 4.78 is 12.7. The first-order valence-electron chi connectivity index (χ1n) is 13.8. The van der Waals surface area contributed by atoms with Crippen molar-refractivity contribution in [1.82, 2.24) is 19.4 Å². The summed E-state index contributed by atoms with van der Waals surface area (Å²) in [5, 5.41) is 3.11. The number of likely N-dealkylation sites (tertiary alicyclic amines) is 1. The number of carbonyl (C=O) groups is 1. The molecule has 10 nitrogen and oxygen atoms in total. The predicted octanol–water partition coefficient (Wildman–Crippen LogP) is 4.61. The first-order chi connectivity index (χ1) is 19.6. The number of rotatable bonds is 7. The SMILES string of the molecule is COC(=O)c1ccccc1Nc1nc(N)c2c(ccn2-c2ccc(N3CCC(N4CCCC4)CC3)cc2OC)n1. The van der Waals surface area contributed by atoms with E-state index in [9.17, 15) is 4.79 Å². The number of nitrogen functional groups attached to an aromatic ring is 1. The molecule has 0 bridgehead atoms. The molecule has 2 aromatic carbocycles. The monoisotopic (exact) mass is 541 g/mol. The maximum Gasteiger partial charge on any atom is 0.339 e. The number of ether oxygens (including phenoxy) is 2. The van der Waals surface area contributed by atoms with Gasteiger partial charge in [0.25, 0.3) is 0 Å². The minimum Gasteiger partial charge on any atom is -0.494 e. The standard InChI is InChI=1S/C30H35N7O3/c1-39-26-19-21(36-16-11-20(12-17-36)35-14-5-6-15-35)9-10-25(26)37-18-13-24-27(37)28(31)34-30(33-24)32-23-8-4-3-7-22(23)29(38)40-2/h3-4,7-10,13,18-20H,5-6,11-12,14-17H2,1-2H3,(H3,31,32,33,34). The molecule has 2 saturated heterocycles. The molecule has 3 N–H and O–H groups in total. The first-order valence-corrected chi connectivity index (χ1v) is 13.8. The number of benzene rings is 2. The summed E-state index contributed by atoms with van der Waals surface area (Å²) >= 11 is 0. The Kier molecular flexibility index (Phi) is 7.17. The maximum absolute atomic E-state index is 12.2. The van der Waals surface area contributed by atoms with Gasteiger partial charge in [0.05, 0.1) is 36.7 Å². The second kappa shape index (κ2) is 11.1. The van der Waals surface area contributed by atoms with Crippen molar-refractivity contribution in [3.05, 3.63) is 60.3 Å². The van der Waals surface area contributed by atoms with Crippen molar-refractivity contribution in [3.63, 3.8) is 0 Å². The van der Waals surface area contributed by atoms with Gasteiger partial charge in [-0.05, 0) is 69.1 Å². The lowest BCUT2D eigenvalue weighted by Crippen LogP contribution is -2.43. The van der Waals surface area contributed by atoms with E-state index in [1.165, 1.54) is 45.9 Å². The number of nitrogens with zero attached hydrogens (tertiary/aromatic N) is 5. The Morgan fingerprint density at radius 3 is 2.52 bits per heavy atom. The van der Waals surface area contributed by atoms with Crippen molar-refractivity contribution >= 4 is 40.1 Å². The zero-order chi connectivity index (χ0) is 27.6. The average Bonchev–Trinajstić information content (AvgIpc) is 3.68. The molecule has 40 heavy (non-hydrogen) atoms. The van der Waals surface area contributed by atoms with Crippen molar-refractivity contribution in [1.29, 1.82) is 0 Å². The van der Waals surface area contributed by atoms with Gasteiger partial charge in [0.1, 0.15) is 11.3 Å². The molecule has 10 heteroatoms. The summed E-state index contributed by atoms with van der Waals surface area (Å²) in [7, 11) is 3.04. The van der Waals surface area contributed by atoms with Crippen LogP contribution in [-0.2, 0) is 4.74 Å². The van der Waals surface area contributed by atoms with Crippen molar-refractivity contribution in [2.45, 2.75) is 31.7 Å². The molecular weight excluding hydrogens is 506 g/mol. The largest absolute Gasteiger partial charge is 0.494 e. The van der Waals surface area contributed by atoms with Crippen LogP contribution in [0.1, 0.15) is 36.0 Å². The highest BCUT2D eigenvalue weighted by atomic mass is 16.5. The number of hydrogen-bond acceptors (Lipinski definition) is 9. The molecule has 4 aromatic rings. The molecule has 4 heterocycles. The molecule has 6 rings (SSSR count). The molecule has 0 spiro atoms. The minimum atomic E-state index is -0.449. The van der Waals surface area contributed by atoms with E-state index in [0.717, 1.165) is 30.2 Å². The Labute approximate surface area is 233 Å². The van der Waals surface area contributed by atoms with Crippen molar-refractivity contribution in [2.75, 3.05) is 56.3 Å². The van der Waals surface area contributed by atoms with Crippen LogP contribution in [0.25, 0.3) is 16.7 Å². The smallest absolute Gasteiger partial charge is 0.339 e. The molecule has 208 valence electrons. The fraction of sp³-hybridized carbons (Fsp3) is 0.367. The Morgan fingerprint density at radius 1 is 1.00 bits per heavy atom. The van der Waals surface area contributed by atoms with Crippen LogP contribution in [0.3, 0.4) is 0 Å². The van der Waals surface area contributed by atoms with Crippen LogP contribution in [-0.4, -0.2) is 71.8 Å². The molecule has 0 unspecified atom stereocenters. The topological polar surface area (TPSA) is 111 Å². The number of methoxy groups -OCH3 is 2. The van der Waals surface area contributed by atoms with Gasteiger partial charge >= 0.3 is 5.97 Å². The van der Waals surface area contributed by atoms with E-state index in [2.05, 4.69) is 43.3 Å². The quantitative estimate of drug-likeness (QED) is 0.324. The number of piperidine rings is 1. The summed E-state index contributed by atoms with van der Waals surface area (Å²) in [6, 6.07) is 16.0. The lowest BCUT2D eigenvalue weighted by Gasteiger charge is -2.38. The number of esters is 1. The Hall–Kier alpha value is -4.31. The van der Waals surface area contributed by atoms with Gasteiger partial charge < -0.3 is 34.9 Å². The van der Waals surface area contributed by atoms with Crippen LogP contribution >= 0.6 is 0 Å². The molecular formula is C30H35N7O3. The molecule has 2 aliphatic heterocycles. The third kappa shape index (κ3) is 4.90. The summed E-state index contributed by atoms with van der Waals surface area (Å²) in [5.41, 5.74) is 10.8. The number of fused-ring (bicyclic) bond motifs is 1. The summed E-state index contributed by atoms with van der Waals surface area (Å²) in [6.07, 6.45) is 6.98. The van der Waals surface area contributed by atoms with Gasteiger partial charge in [0, 0.05) is 37.1 Å². The fourth-order valence-corrected chi connectivity index (χ4v) is 5.99. The number of hydrogen-bond donors (Lipinski definition) is 2. The van der Waals surface area contributed by atoms with E-state index < -0.39 is 5.97 Å². The van der Waals surface area contributed by atoms with Gasteiger partial charge in [-0.25, -0.2) is 9.78 Å². The molecule has 0 atom stereocenters. The maximum atomic E-state index is 12.2. The van der Waals surface area contributed by atoms with Gasteiger partial charge in [-0.15, -0.1) is 0 Å². The molecule has 2 fully saturated rings. The number of nitrogens with one attached hydrogen (secondary N) is 1. The van der Waals surface area contributed by atoms with Crippen LogP contribution in [0, 0.1) is 0 Å². The lowest BCUT2D eigenvalue weighted by molar-refractivity contribution is 0.0602. The molecule has 0 radical (unpaired) electrons. The third-order valence-corrected chi connectivity index (χ3v) is 8.05. The van der Waals surface area contributed by atoms with Crippen LogP contribution in [0.15, 0.2) is 54.7 Å². The number of carbonyl (C=O) groups excluding carboxylic acids is 1. The van der Waals surface area contributed by atoms with Crippen molar-refractivity contribution < 1.29 is 14.3 Å². The van der Waals surface area contributed by atoms with Gasteiger partial charge in [0.2, 0.25) is 5.95 Å². The zero-order valence-electron chi connectivity index (χ0n) is 23.0. The van der Waals surface area contributed by atoms with Gasteiger partial charge in [-0.3, -0.25) is 0 Å². The second-order valence-electron chi connectivity index (χ2n) is 10.3. The van der Waals surface area contributed by atoms with E-state index in [0.29, 0.717) is 40.1 Å². The first kappa shape index (κ1) is 25.9. The highest BCUT2D eigenvalue weighted by Crippen LogP contribution is 2.34. The van der Waals surface area contributed by atoms with Gasteiger partial charge in [-0.1, -0.05) is 12.1 Å². The second-order valence-corrected chi connectivity index (χ2v) is 10.3. The number of aromatic nitrogens is 3. The molecule has 0 amide bonds. The Balaban J connectivity index is 1.25. The van der Waals surface area contributed by atoms with E-state index in [-0.39, 0.29) is 0 Å². The predicted molar refractivity (Wildman–Crippen MR) is 157 cm³/mol. The Morgan fingerprint density at radius 2 is 1.77 bits per heavy atom. The average molecular weight is 542 g/mol. The number of anilines is 4. The minimum absolute atomic E-state index is 0.291. The number of para-hydroxylation sites is 1. The summed E-state index contributed by atoms with van der Waals surface area (Å²) in [6.45, 7) is 4.60. The molecule has 2 aromatic heterocycles. The third-order valence-electron chi connectivity index (χ3n) is 8.05. The summed E-state index contributed by atoms with van der Waals surface area (Å²) in [4.78, 5) is 26.5. The highest BCUT2D eigenvalue weighted by Gasteiger charge is 2.27. The normalized spacial score (nSPS) is 16.4. The molecule has 0 saturated carbocycles. The van der Waals surface area contributed by atoms with E-state index in [1.54, 1.807) is 25.3 Å². The van der Waals surface area contributed by atoms with E-state index in [4.69, 9.17) is 15.2 Å².